The number of amides is 1. The molecule has 0 saturated carbocycles. The van der Waals surface area contributed by atoms with Crippen molar-refractivity contribution in [3.05, 3.63) is 35.4 Å². The third-order valence-corrected chi connectivity index (χ3v) is 3.68. The zero-order valence-electron chi connectivity index (χ0n) is 11.7. The number of thiol groups is 1. The van der Waals surface area contributed by atoms with E-state index in [9.17, 15) is 4.79 Å². The Morgan fingerprint density at radius 2 is 1.89 bits per heavy atom. The minimum atomic E-state index is -0.141. The lowest BCUT2D eigenvalue weighted by atomic mass is 10.0. The van der Waals surface area contributed by atoms with Gasteiger partial charge in [-0.25, -0.2) is 0 Å². The van der Waals surface area contributed by atoms with Gasteiger partial charge in [0.25, 0.3) is 0 Å². The molecule has 0 aliphatic carbocycles. The molecule has 1 unspecified atom stereocenters. The van der Waals surface area contributed by atoms with Crippen LogP contribution in [0.4, 0.5) is 0 Å². The smallest absolute Gasteiger partial charge is 0.221 e. The van der Waals surface area contributed by atoms with E-state index in [1.54, 1.807) is 0 Å². The Labute approximate surface area is 116 Å². The maximum absolute atomic E-state index is 11.9. The second-order valence-electron chi connectivity index (χ2n) is 5.42. The minimum Gasteiger partial charge on any atom is -0.351 e. The van der Waals surface area contributed by atoms with E-state index in [0.717, 1.165) is 12.0 Å². The average Bonchev–Trinajstić information content (AvgIpc) is 2.29. The predicted molar refractivity (Wildman–Crippen MR) is 80.0 cm³/mol. The number of aryl methyl sites for hydroxylation is 1. The fourth-order valence-corrected chi connectivity index (χ4v) is 1.94. The quantitative estimate of drug-likeness (QED) is 0.782. The van der Waals surface area contributed by atoms with Gasteiger partial charge < -0.3 is 5.32 Å². The fourth-order valence-electron chi connectivity index (χ4n) is 1.60. The molecule has 1 N–H and O–H groups in total. The highest BCUT2D eigenvalue weighted by molar-refractivity contribution is 7.80. The lowest BCUT2D eigenvalue weighted by Crippen LogP contribution is -2.43. The summed E-state index contributed by atoms with van der Waals surface area (Å²) in [4.78, 5) is 11.9. The molecule has 0 fully saturated rings. The van der Waals surface area contributed by atoms with Crippen molar-refractivity contribution >= 4 is 18.5 Å². The van der Waals surface area contributed by atoms with Crippen molar-refractivity contribution in [1.29, 1.82) is 0 Å². The van der Waals surface area contributed by atoms with Crippen molar-refractivity contribution < 1.29 is 4.79 Å². The highest BCUT2D eigenvalue weighted by Crippen LogP contribution is 2.24. The van der Waals surface area contributed by atoms with Gasteiger partial charge in [-0.15, -0.1) is 0 Å². The van der Waals surface area contributed by atoms with Crippen LogP contribution in [0.2, 0.25) is 0 Å². The van der Waals surface area contributed by atoms with Crippen LogP contribution in [0.3, 0.4) is 0 Å². The van der Waals surface area contributed by atoms with E-state index >= 15 is 0 Å². The molecule has 18 heavy (non-hydrogen) atoms. The van der Waals surface area contributed by atoms with Gasteiger partial charge in [0, 0.05) is 17.2 Å². The largest absolute Gasteiger partial charge is 0.351 e. The Hall–Kier alpha value is -0.960. The monoisotopic (exact) mass is 265 g/mol. The van der Waals surface area contributed by atoms with Gasteiger partial charge in [0.1, 0.15) is 0 Å². The summed E-state index contributed by atoms with van der Waals surface area (Å²) in [5.74, 6) is 0.0578. The Morgan fingerprint density at radius 1 is 1.33 bits per heavy atom. The van der Waals surface area contributed by atoms with Crippen molar-refractivity contribution in [3.8, 4) is 0 Å². The molecular weight excluding hydrogens is 242 g/mol. The van der Waals surface area contributed by atoms with Gasteiger partial charge in [0.15, 0.2) is 0 Å². The van der Waals surface area contributed by atoms with Crippen LogP contribution in [0.5, 0.6) is 0 Å². The van der Waals surface area contributed by atoms with Gasteiger partial charge in [0.05, 0.1) is 0 Å². The second-order valence-corrected chi connectivity index (χ2v) is 6.04. The predicted octanol–water partition coefficient (Wildman–Crippen LogP) is 3.66. The van der Waals surface area contributed by atoms with E-state index in [2.05, 4.69) is 24.9 Å². The van der Waals surface area contributed by atoms with Crippen LogP contribution in [0, 0.1) is 6.92 Å². The van der Waals surface area contributed by atoms with E-state index in [1.165, 1.54) is 5.56 Å². The van der Waals surface area contributed by atoms with Gasteiger partial charge in [-0.2, -0.15) is 12.6 Å². The normalized spacial score (nSPS) is 13.2. The number of carbonyl (C=O) groups excluding carboxylic acids is 1. The highest BCUT2D eigenvalue weighted by Gasteiger charge is 2.19. The average molecular weight is 265 g/mol. The maximum Gasteiger partial charge on any atom is 0.221 e. The Kier molecular flexibility index (Phi) is 5.27. The molecule has 0 aliphatic heterocycles. The van der Waals surface area contributed by atoms with E-state index in [0.29, 0.717) is 6.42 Å². The topological polar surface area (TPSA) is 29.1 Å². The first-order valence-electron chi connectivity index (χ1n) is 6.39. The molecule has 0 bridgehead atoms. The zero-order valence-corrected chi connectivity index (χ0v) is 12.6. The lowest BCUT2D eigenvalue weighted by Gasteiger charge is -2.25. The molecule has 0 saturated heterocycles. The van der Waals surface area contributed by atoms with Crippen molar-refractivity contribution in [1.82, 2.24) is 5.32 Å². The van der Waals surface area contributed by atoms with Crippen LogP contribution in [0.25, 0.3) is 0 Å². The van der Waals surface area contributed by atoms with Gasteiger partial charge in [-0.05, 0) is 32.8 Å². The maximum atomic E-state index is 11.9. The Balaban J connectivity index is 2.57. The van der Waals surface area contributed by atoms with Crippen LogP contribution in [0.1, 0.15) is 50.0 Å². The Morgan fingerprint density at radius 3 is 2.39 bits per heavy atom. The molecule has 1 atom stereocenters. The first-order chi connectivity index (χ1) is 8.34. The summed E-state index contributed by atoms with van der Waals surface area (Å²) in [5, 5.41) is 2.99. The molecule has 0 aromatic heterocycles. The molecule has 1 amide bonds. The van der Waals surface area contributed by atoms with E-state index in [4.69, 9.17) is 0 Å². The van der Waals surface area contributed by atoms with E-state index in [1.807, 2.05) is 45.0 Å². The first-order valence-corrected chi connectivity index (χ1v) is 6.91. The molecule has 0 radical (unpaired) electrons. The SMILES string of the molecule is CCC(C)(C)NC(=O)CC(S)c1ccc(C)cc1. The summed E-state index contributed by atoms with van der Waals surface area (Å²) in [7, 11) is 0. The van der Waals surface area contributed by atoms with Crippen LogP contribution in [-0.2, 0) is 4.79 Å². The minimum absolute atomic E-state index is 0.0433. The summed E-state index contributed by atoms with van der Waals surface area (Å²) in [6.07, 6.45) is 1.33. The van der Waals surface area contributed by atoms with Gasteiger partial charge in [-0.3, -0.25) is 4.79 Å². The molecule has 1 aromatic carbocycles. The van der Waals surface area contributed by atoms with Crippen molar-refractivity contribution in [2.75, 3.05) is 0 Å². The van der Waals surface area contributed by atoms with Crippen LogP contribution in [-0.4, -0.2) is 11.4 Å². The number of carbonyl (C=O) groups is 1. The van der Waals surface area contributed by atoms with Crippen molar-refractivity contribution in [3.63, 3.8) is 0 Å². The molecule has 0 aliphatic rings. The molecule has 100 valence electrons. The lowest BCUT2D eigenvalue weighted by molar-refractivity contribution is -0.122. The third-order valence-electron chi connectivity index (χ3n) is 3.20. The van der Waals surface area contributed by atoms with Crippen LogP contribution < -0.4 is 5.32 Å². The highest BCUT2D eigenvalue weighted by atomic mass is 32.1. The number of nitrogens with one attached hydrogen (secondary N) is 1. The molecule has 1 rings (SSSR count). The summed E-state index contributed by atoms with van der Waals surface area (Å²) in [5.41, 5.74) is 2.17. The second kappa shape index (κ2) is 6.28. The molecule has 2 nitrogen and oxygen atoms in total. The van der Waals surface area contributed by atoms with Crippen LogP contribution >= 0.6 is 12.6 Å². The number of benzene rings is 1. The zero-order chi connectivity index (χ0) is 13.8. The molecular formula is C15H23NOS. The van der Waals surface area contributed by atoms with E-state index < -0.39 is 0 Å². The number of hydrogen-bond donors (Lipinski definition) is 2. The van der Waals surface area contributed by atoms with Crippen LogP contribution in [0.15, 0.2) is 24.3 Å². The molecule has 0 heterocycles. The summed E-state index contributed by atoms with van der Waals surface area (Å²) < 4.78 is 0. The van der Waals surface area contributed by atoms with Gasteiger partial charge in [0.2, 0.25) is 5.91 Å². The third kappa shape index (κ3) is 4.73. The first kappa shape index (κ1) is 15.1. The van der Waals surface area contributed by atoms with E-state index in [-0.39, 0.29) is 16.7 Å². The Bertz CT molecular complexity index is 397. The summed E-state index contributed by atoms with van der Waals surface area (Å²) in [6.45, 7) is 8.18. The van der Waals surface area contributed by atoms with Gasteiger partial charge >= 0.3 is 0 Å². The summed E-state index contributed by atoms with van der Waals surface area (Å²) >= 11 is 4.51. The standard InChI is InChI=1S/C15H23NOS/c1-5-15(3,4)16-14(17)10-13(18)12-8-6-11(2)7-9-12/h6-9,13,18H,5,10H2,1-4H3,(H,16,17). The molecule has 0 spiro atoms. The number of hydrogen-bond acceptors (Lipinski definition) is 2. The van der Waals surface area contributed by atoms with Gasteiger partial charge in [-0.1, -0.05) is 36.8 Å². The van der Waals surface area contributed by atoms with Crippen molar-refractivity contribution in [2.45, 2.75) is 51.3 Å². The molecule has 1 aromatic rings. The summed E-state index contributed by atoms with van der Waals surface area (Å²) in [6, 6.07) is 8.16. The molecule has 3 heteroatoms. The van der Waals surface area contributed by atoms with Crippen molar-refractivity contribution in [2.24, 2.45) is 0 Å². The fraction of sp³-hybridized carbons (Fsp3) is 0.533. The number of rotatable bonds is 5.